The zero-order valence-electron chi connectivity index (χ0n) is 10.9. The van der Waals surface area contributed by atoms with Crippen LogP contribution in [0.3, 0.4) is 0 Å². The lowest BCUT2D eigenvalue weighted by atomic mass is 10.1. The third-order valence-corrected chi connectivity index (χ3v) is 3.88. The molecule has 0 radical (unpaired) electrons. The molecular weight excluding hydrogens is 280 g/mol. The topological polar surface area (TPSA) is 75.4 Å². The number of aromatic nitrogens is 1. The number of rotatable bonds is 3. The van der Waals surface area contributed by atoms with Crippen molar-refractivity contribution in [3.05, 3.63) is 59.8 Å². The highest BCUT2D eigenvalue weighted by Gasteiger charge is 2.08. The smallest absolute Gasteiger partial charge is 0.101 e. The Morgan fingerprint density at radius 1 is 1.05 bits per heavy atom. The average molecular weight is 290 g/mol. The Labute approximate surface area is 126 Å². The van der Waals surface area contributed by atoms with Crippen molar-refractivity contribution in [3.63, 3.8) is 0 Å². The van der Waals surface area contributed by atoms with Crippen LogP contribution in [-0.2, 0) is 0 Å². The number of nitrogens with zero attached hydrogens (tertiary/aromatic N) is 2. The molecule has 0 saturated carbocycles. The van der Waals surface area contributed by atoms with Gasteiger partial charge in [0.2, 0.25) is 0 Å². The van der Waals surface area contributed by atoms with Crippen LogP contribution in [0.5, 0.6) is 0 Å². The van der Waals surface area contributed by atoms with Gasteiger partial charge in [-0.05, 0) is 42.3 Å². The summed E-state index contributed by atoms with van der Waals surface area (Å²) in [7, 11) is 0. The Bertz CT molecular complexity index is 883. The summed E-state index contributed by atoms with van der Waals surface area (Å²) in [6, 6.07) is 17.5. The summed E-state index contributed by atoms with van der Waals surface area (Å²) in [5.41, 5.74) is 3.03. The summed E-state index contributed by atoms with van der Waals surface area (Å²) in [5.74, 6) is 0. The first-order chi connectivity index (χ1) is 10.3. The molecule has 2 N–H and O–H groups in total. The van der Waals surface area contributed by atoms with E-state index >= 15 is 0 Å². The zero-order chi connectivity index (χ0) is 14.7. The van der Waals surface area contributed by atoms with Gasteiger partial charge in [0.1, 0.15) is 6.07 Å². The van der Waals surface area contributed by atoms with Gasteiger partial charge in [0.05, 0.1) is 22.9 Å². The van der Waals surface area contributed by atoms with Gasteiger partial charge >= 0.3 is 0 Å². The first-order valence-corrected chi connectivity index (χ1v) is 7.06. The van der Waals surface area contributed by atoms with Gasteiger partial charge in [-0.25, -0.2) is 0 Å². The van der Waals surface area contributed by atoms with Gasteiger partial charge in [-0.1, -0.05) is 12.1 Å². The first-order valence-electron chi connectivity index (χ1n) is 6.25. The Balaban J connectivity index is 1.90. The minimum atomic E-state index is 0.611. The second-order valence-corrected chi connectivity index (χ2v) is 5.27. The van der Waals surface area contributed by atoms with Gasteiger partial charge in [-0.3, -0.25) is 0 Å². The standard InChI is InChI=1S/C16H10N4S/c17-8-11-3-1-4-13(7-11)21-20-15-6-2-5-14-16(15)12(9-18)10-19-14/h1-7,10,19-20H. The lowest BCUT2D eigenvalue weighted by Crippen LogP contribution is -1.89. The lowest BCUT2D eigenvalue weighted by molar-refractivity contribution is 1.41. The number of aromatic amines is 1. The Kier molecular flexibility index (Phi) is 3.51. The van der Waals surface area contributed by atoms with Crippen LogP contribution in [0.4, 0.5) is 5.69 Å². The Morgan fingerprint density at radius 2 is 1.90 bits per heavy atom. The SMILES string of the molecule is N#Cc1cccc(SNc2cccc3[nH]cc(C#N)c23)c1. The fourth-order valence-corrected chi connectivity index (χ4v) is 2.83. The highest BCUT2D eigenvalue weighted by molar-refractivity contribution is 8.00. The van der Waals surface area contributed by atoms with Gasteiger partial charge in [-0.15, -0.1) is 0 Å². The fourth-order valence-electron chi connectivity index (χ4n) is 2.10. The maximum absolute atomic E-state index is 9.16. The van der Waals surface area contributed by atoms with Gasteiger partial charge in [0.15, 0.2) is 0 Å². The molecule has 0 bridgehead atoms. The van der Waals surface area contributed by atoms with Crippen molar-refractivity contribution >= 4 is 28.5 Å². The number of nitrogens with one attached hydrogen (secondary N) is 2. The molecule has 4 nitrogen and oxygen atoms in total. The minimum Gasteiger partial charge on any atom is -0.360 e. The van der Waals surface area contributed by atoms with Crippen molar-refractivity contribution in [2.45, 2.75) is 4.90 Å². The van der Waals surface area contributed by atoms with Crippen molar-refractivity contribution in [2.24, 2.45) is 0 Å². The third-order valence-electron chi connectivity index (χ3n) is 3.07. The van der Waals surface area contributed by atoms with Crippen molar-refractivity contribution in [3.8, 4) is 12.1 Å². The van der Waals surface area contributed by atoms with Crippen LogP contribution in [-0.4, -0.2) is 4.98 Å². The number of H-pyrrole nitrogens is 1. The summed E-state index contributed by atoms with van der Waals surface area (Å²) in [6.07, 6.45) is 1.71. The number of nitriles is 2. The molecule has 5 heteroatoms. The van der Waals surface area contributed by atoms with Crippen LogP contribution in [0.25, 0.3) is 10.9 Å². The van der Waals surface area contributed by atoms with Crippen molar-refractivity contribution in [1.29, 1.82) is 10.5 Å². The van der Waals surface area contributed by atoms with Gasteiger partial charge in [0.25, 0.3) is 0 Å². The molecule has 3 rings (SSSR count). The highest BCUT2D eigenvalue weighted by Crippen LogP contribution is 2.30. The summed E-state index contributed by atoms with van der Waals surface area (Å²) in [5, 5.41) is 18.9. The second kappa shape index (κ2) is 5.62. The summed E-state index contributed by atoms with van der Waals surface area (Å²) in [6.45, 7) is 0. The molecule has 2 aromatic carbocycles. The molecule has 0 aliphatic carbocycles. The third kappa shape index (κ3) is 2.55. The predicted molar refractivity (Wildman–Crippen MR) is 83.7 cm³/mol. The van der Waals surface area contributed by atoms with Gasteiger partial charge in [-0.2, -0.15) is 10.5 Å². The van der Waals surface area contributed by atoms with E-state index in [-0.39, 0.29) is 0 Å². The van der Waals surface area contributed by atoms with Crippen molar-refractivity contribution in [1.82, 2.24) is 4.98 Å². The molecule has 0 spiro atoms. The molecule has 1 heterocycles. The van der Waals surface area contributed by atoms with Crippen molar-refractivity contribution in [2.75, 3.05) is 4.72 Å². The molecule has 0 atom stereocenters. The number of hydrogen-bond donors (Lipinski definition) is 2. The number of hydrogen-bond acceptors (Lipinski definition) is 4. The van der Waals surface area contributed by atoms with E-state index in [2.05, 4.69) is 21.8 Å². The molecular formula is C16H10N4S. The van der Waals surface area contributed by atoms with E-state index in [1.807, 2.05) is 36.4 Å². The van der Waals surface area contributed by atoms with Crippen LogP contribution in [0.15, 0.2) is 53.6 Å². The fraction of sp³-hybridized carbons (Fsp3) is 0. The quantitative estimate of drug-likeness (QED) is 0.714. The van der Waals surface area contributed by atoms with Crippen LogP contribution < -0.4 is 4.72 Å². The molecule has 100 valence electrons. The molecule has 0 amide bonds. The molecule has 3 aromatic rings. The molecule has 0 unspecified atom stereocenters. The monoisotopic (exact) mass is 290 g/mol. The number of benzene rings is 2. The van der Waals surface area contributed by atoms with E-state index in [1.54, 1.807) is 12.3 Å². The molecule has 0 saturated heterocycles. The van der Waals surface area contributed by atoms with E-state index in [0.717, 1.165) is 21.5 Å². The zero-order valence-corrected chi connectivity index (χ0v) is 11.7. The lowest BCUT2D eigenvalue weighted by Gasteiger charge is -2.07. The number of anilines is 1. The normalized spacial score (nSPS) is 10.0. The first kappa shape index (κ1) is 13.1. The van der Waals surface area contributed by atoms with E-state index in [1.165, 1.54) is 11.9 Å². The summed E-state index contributed by atoms with van der Waals surface area (Å²) in [4.78, 5) is 4.03. The average Bonchev–Trinajstić information content (AvgIpc) is 2.97. The molecule has 1 aromatic heterocycles. The van der Waals surface area contributed by atoms with E-state index in [4.69, 9.17) is 10.5 Å². The number of fused-ring (bicyclic) bond motifs is 1. The van der Waals surface area contributed by atoms with E-state index < -0.39 is 0 Å². The van der Waals surface area contributed by atoms with Crippen LogP contribution in [0.2, 0.25) is 0 Å². The molecule has 0 aliphatic rings. The maximum atomic E-state index is 9.16. The molecule has 21 heavy (non-hydrogen) atoms. The minimum absolute atomic E-state index is 0.611. The van der Waals surface area contributed by atoms with E-state index in [0.29, 0.717) is 11.1 Å². The second-order valence-electron chi connectivity index (χ2n) is 4.39. The predicted octanol–water partition coefficient (Wildman–Crippen LogP) is 4.03. The summed E-state index contributed by atoms with van der Waals surface area (Å²) < 4.78 is 3.25. The largest absolute Gasteiger partial charge is 0.360 e. The molecule has 0 aliphatic heterocycles. The van der Waals surface area contributed by atoms with Gasteiger partial charge in [0, 0.05) is 22.0 Å². The van der Waals surface area contributed by atoms with E-state index in [9.17, 15) is 0 Å². The van der Waals surface area contributed by atoms with Crippen LogP contribution in [0, 0.1) is 22.7 Å². The van der Waals surface area contributed by atoms with Crippen LogP contribution in [0.1, 0.15) is 11.1 Å². The van der Waals surface area contributed by atoms with Crippen molar-refractivity contribution < 1.29 is 0 Å². The Morgan fingerprint density at radius 3 is 2.71 bits per heavy atom. The van der Waals surface area contributed by atoms with Crippen LogP contribution >= 0.6 is 11.9 Å². The summed E-state index contributed by atoms with van der Waals surface area (Å²) >= 11 is 1.42. The maximum Gasteiger partial charge on any atom is 0.101 e. The molecule has 0 fully saturated rings. The van der Waals surface area contributed by atoms with Gasteiger partial charge < -0.3 is 9.71 Å². The Hall–Kier alpha value is -2.89. The highest BCUT2D eigenvalue weighted by atomic mass is 32.2.